The smallest absolute Gasteiger partial charge is 0.0952 e. The number of imidazole rings is 1. The first-order valence-electron chi connectivity index (χ1n) is 7.53. The number of nitrogens with zero attached hydrogens (tertiary/aromatic N) is 2. The van der Waals surface area contributed by atoms with Crippen LogP contribution in [0.3, 0.4) is 0 Å². The minimum Gasteiger partial charge on any atom is -0.383 e. The highest BCUT2D eigenvalue weighted by Gasteiger charge is 2.24. The van der Waals surface area contributed by atoms with E-state index in [9.17, 15) is 0 Å². The van der Waals surface area contributed by atoms with E-state index in [1.165, 1.54) is 31.4 Å². The van der Waals surface area contributed by atoms with Gasteiger partial charge in [0.2, 0.25) is 0 Å². The third-order valence-electron chi connectivity index (χ3n) is 4.04. The van der Waals surface area contributed by atoms with Crippen LogP contribution >= 0.6 is 0 Å². The SMILES string of the molecule is CCCC(COC)n1cncc1C1CCCC(C)N1. The molecule has 19 heavy (non-hydrogen) atoms. The average molecular weight is 265 g/mol. The van der Waals surface area contributed by atoms with Crippen LogP contribution in [0.4, 0.5) is 0 Å². The van der Waals surface area contributed by atoms with E-state index in [1.807, 2.05) is 12.5 Å². The molecular weight excluding hydrogens is 238 g/mol. The fraction of sp³-hybridized carbons (Fsp3) is 0.800. The zero-order valence-electron chi connectivity index (χ0n) is 12.4. The summed E-state index contributed by atoms with van der Waals surface area (Å²) in [5.41, 5.74) is 1.32. The molecule has 3 unspecified atom stereocenters. The summed E-state index contributed by atoms with van der Waals surface area (Å²) in [5.74, 6) is 0. The minimum atomic E-state index is 0.409. The largest absolute Gasteiger partial charge is 0.383 e. The van der Waals surface area contributed by atoms with Crippen LogP contribution in [0, 0.1) is 0 Å². The monoisotopic (exact) mass is 265 g/mol. The minimum absolute atomic E-state index is 0.409. The first-order chi connectivity index (χ1) is 9.26. The molecule has 0 radical (unpaired) electrons. The van der Waals surface area contributed by atoms with E-state index >= 15 is 0 Å². The van der Waals surface area contributed by atoms with Crippen LogP contribution in [0.25, 0.3) is 0 Å². The lowest BCUT2D eigenvalue weighted by Gasteiger charge is -2.31. The van der Waals surface area contributed by atoms with E-state index < -0.39 is 0 Å². The van der Waals surface area contributed by atoms with Crippen LogP contribution in [0.2, 0.25) is 0 Å². The van der Waals surface area contributed by atoms with Gasteiger partial charge in [-0.3, -0.25) is 0 Å². The van der Waals surface area contributed by atoms with E-state index in [0.717, 1.165) is 13.0 Å². The van der Waals surface area contributed by atoms with Gasteiger partial charge in [0.15, 0.2) is 0 Å². The number of hydrogen-bond acceptors (Lipinski definition) is 3. The number of nitrogens with one attached hydrogen (secondary N) is 1. The molecule has 0 spiro atoms. The maximum atomic E-state index is 5.37. The van der Waals surface area contributed by atoms with E-state index in [1.54, 1.807) is 7.11 Å². The number of piperidine rings is 1. The summed E-state index contributed by atoms with van der Waals surface area (Å²) < 4.78 is 7.70. The molecule has 108 valence electrons. The lowest BCUT2D eigenvalue weighted by atomic mass is 9.97. The molecule has 1 aromatic heterocycles. The molecule has 4 heteroatoms. The standard InChI is InChI=1S/C15H27N3O/c1-4-6-13(10-19-3)18-11-16-9-15(18)14-8-5-7-12(2)17-14/h9,11-14,17H,4-8,10H2,1-3H3. The summed E-state index contributed by atoms with van der Waals surface area (Å²) >= 11 is 0. The van der Waals surface area contributed by atoms with Crippen LogP contribution in [-0.2, 0) is 4.74 Å². The Morgan fingerprint density at radius 3 is 3.05 bits per heavy atom. The maximum absolute atomic E-state index is 5.37. The van der Waals surface area contributed by atoms with Crippen molar-refractivity contribution in [1.29, 1.82) is 0 Å². The van der Waals surface area contributed by atoms with Gasteiger partial charge < -0.3 is 14.6 Å². The molecule has 1 saturated heterocycles. The number of methoxy groups -OCH3 is 1. The van der Waals surface area contributed by atoms with Crippen LogP contribution in [-0.4, -0.2) is 29.3 Å². The zero-order chi connectivity index (χ0) is 13.7. The lowest BCUT2D eigenvalue weighted by Crippen LogP contribution is -2.36. The molecule has 0 aliphatic carbocycles. The van der Waals surface area contributed by atoms with Crippen LogP contribution in [0.5, 0.6) is 0 Å². The van der Waals surface area contributed by atoms with Gasteiger partial charge in [0, 0.05) is 25.4 Å². The van der Waals surface area contributed by atoms with Crippen molar-refractivity contribution >= 4 is 0 Å². The summed E-state index contributed by atoms with van der Waals surface area (Å²) in [7, 11) is 1.78. The van der Waals surface area contributed by atoms with Gasteiger partial charge in [0.1, 0.15) is 0 Å². The predicted molar refractivity (Wildman–Crippen MR) is 77.2 cm³/mol. The Morgan fingerprint density at radius 1 is 1.53 bits per heavy atom. The molecule has 0 saturated carbocycles. The highest BCUT2D eigenvalue weighted by atomic mass is 16.5. The molecule has 3 atom stereocenters. The molecule has 1 aromatic rings. The highest BCUT2D eigenvalue weighted by Crippen LogP contribution is 2.28. The van der Waals surface area contributed by atoms with E-state index in [-0.39, 0.29) is 0 Å². The van der Waals surface area contributed by atoms with Gasteiger partial charge in [-0.15, -0.1) is 0 Å². The first kappa shape index (κ1) is 14.5. The average Bonchev–Trinajstić information content (AvgIpc) is 2.87. The Balaban J connectivity index is 2.15. The summed E-state index contributed by atoms with van der Waals surface area (Å²) in [6.45, 7) is 5.26. The molecule has 2 heterocycles. The molecule has 1 aliphatic heterocycles. The van der Waals surface area contributed by atoms with Gasteiger partial charge in [-0.2, -0.15) is 0 Å². The third-order valence-corrected chi connectivity index (χ3v) is 4.04. The van der Waals surface area contributed by atoms with Gasteiger partial charge in [-0.1, -0.05) is 13.3 Å². The molecule has 0 amide bonds. The van der Waals surface area contributed by atoms with Crippen LogP contribution < -0.4 is 5.32 Å². The van der Waals surface area contributed by atoms with Crippen molar-refractivity contribution in [1.82, 2.24) is 14.9 Å². The van der Waals surface area contributed by atoms with Gasteiger partial charge in [-0.05, 0) is 32.6 Å². The Morgan fingerprint density at radius 2 is 2.37 bits per heavy atom. The maximum Gasteiger partial charge on any atom is 0.0952 e. The summed E-state index contributed by atoms with van der Waals surface area (Å²) in [6, 6.07) is 1.46. The topological polar surface area (TPSA) is 39.1 Å². The normalized spacial score (nSPS) is 25.4. The molecule has 2 rings (SSSR count). The zero-order valence-corrected chi connectivity index (χ0v) is 12.4. The van der Waals surface area contributed by atoms with Crippen LogP contribution in [0.15, 0.2) is 12.5 Å². The molecule has 1 fully saturated rings. The molecule has 1 aliphatic rings. The second-order valence-corrected chi connectivity index (χ2v) is 5.67. The second kappa shape index (κ2) is 7.06. The molecule has 4 nitrogen and oxygen atoms in total. The van der Waals surface area contributed by atoms with Crippen molar-refractivity contribution in [2.75, 3.05) is 13.7 Å². The Hall–Kier alpha value is -0.870. The molecule has 1 N–H and O–H groups in total. The number of rotatable bonds is 6. The molecule has 0 bridgehead atoms. The van der Waals surface area contributed by atoms with Crippen molar-refractivity contribution in [3.63, 3.8) is 0 Å². The summed E-state index contributed by atoms with van der Waals surface area (Å²) in [6.07, 6.45) is 10.1. The van der Waals surface area contributed by atoms with Gasteiger partial charge in [0.05, 0.1) is 24.7 Å². The number of hydrogen-bond donors (Lipinski definition) is 1. The number of aromatic nitrogens is 2. The Kier molecular flexibility index (Phi) is 5.40. The van der Waals surface area contributed by atoms with E-state index in [4.69, 9.17) is 4.74 Å². The fourth-order valence-corrected chi connectivity index (χ4v) is 3.09. The quantitative estimate of drug-likeness (QED) is 0.859. The van der Waals surface area contributed by atoms with Gasteiger partial charge >= 0.3 is 0 Å². The van der Waals surface area contributed by atoms with Gasteiger partial charge in [-0.25, -0.2) is 4.98 Å². The lowest BCUT2D eigenvalue weighted by molar-refractivity contribution is 0.147. The molecular formula is C15H27N3O. The van der Waals surface area contributed by atoms with Crippen molar-refractivity contribution in [2.24, 2.45) is 0 Å². The number of ether oxygens (including phenoxy) is 1. The second-order valence-electron chi connectivity index (χ2n) is 5.67. The fourth-order valence-electron chi connectivity index (χ4n) is 3.09. The first-order valence-corrected chi connectivity index (χ1v) is 7.53. The van der Waals surface area contributed by atoms with Gasteiger partial charge in [0.25, 0.3) is 0 Å². The summed E-state index contributed by atoms with van der Waals surface area (Å²) in [5, 5.41) is 3.70. The Labute approximate surface area is 116 Å². The highest BCUT2D eigenvalue weighted by molar-refractivity contribution is 5.08. The third kappa shape index (κ3) is 3.57. The van der Waals surface area contributed by atoms with Crippen molar-refractivity contribution < 1.29 is 4.74 Å². The predicted octanol–water partition coefficient (Wildman–Crippen LogP) is 3.07. The Bertz CT molecular complexity index is 352. The summed E-state index contributed by atoms with van der Waals surface area (Å²) in [4.78, 5) is 4.38. The van der Waals surface area contributed by atoms with Crippen molar-refractivity contribution in [2.45, 2.75) is 64.1 Å². The van der Waals surface area contributed by atoms with Crippen LogP contribution in [0.1, 0.15) is 63.7 Å². The molecule has 0 aromatic carbocycles. The van der Waals surface area contributed by atoms with Crippen molar-refractivity contribution in [3.8, 4) is 0 Å². The van der Waals surface area contributed by atoms with Crippen molar-refractivity contribution in [3.05, 3.63) is 18.2 Å². The van der Waals surface area contributed by atoms with E-state index in [2.05, 4.69) is 28.7 Å². The van der Waals surface area contributed by atoms with E-state index in [0.29, 0.717) is 18.1 Å².